The van der Waals surface area contributed by atoms with Gasteiger partial charge in [0, 0.05) is 6.04 Å². The molecular formula is C12H16N4. The van der Waals surface area contributed by atoms with Gasteiger partial charge < -0.3 is 16.0 Å². The normalized spacial score (nSPS) is 17.2. The Hall–Kier alpha value is -1.71. The molecule has 1 aromatic carbocycles. The Labute approximate surface area is 94.3 Å². The highest BCUT2D eigenvalue weighted by Gasteiger charge is 2.21. The van der Waals surface area contributed by atoms with Crippen molar-refractivity contribution < 1.29 is 0 Å². The lowest BCUT2D eigenvalue weighted by atomic mass is 10.2. The van der Waals surface area contributed by atoms with Gasteiger partial charge in [-0.3, -0.25) is 0 Å². The Balaban J connectivity index is 2.22. The number of hydrogen-bond acceptors (Lipinski definition) is 3. The van der Waals surface area contributed by atoms with Crippen molar-refractivity contribution >= 4 is 22.7 Å². The molecule has 1 aromatic heterocycles. The second-order valence-corrected chi connectivity index (χ2v) is 4.49. The molecule has 0 spiro atoms. The zero-order chi connectivity index (χ0) is 11.1. The van der Waals surface area contributed by atoms with Crippen LogP contribution in [-0.4, -0.2) is 9.55 Å². The summed E-state index contributed by atoms with van der Waals surface area (Å²) >= 11 is 0. The minimum atomic E-state index is 0.506. The first-order valence-electron chi connectivity index (χ1n) is 5.79. The van der Waals surface area contributed by atoms with Gasteiger partial charge in [0.15, 0.2) is 0 Å². The molecule has 0 unspecified atom stereocenters. The average Bonchev–Trinajstić information content (AvgIpc) is 2.85. The SMILES string of the molecule is Nc1cccc2c1nc(N)n2C1CCCC1. The molecule has 4 N–H and O–H groups in total. The maximum atomic E-state index is 6.00. The fourth-order valence-electron chi connectivity index (χ4n) is 2.70. The molecule has 1 saturated carbocycles. The maximum absolute atomic E-state index is 6.00. The van der Waals surface area contributed by atoms with Gasteiger partial charge in [-0.1, -0.05) is 18.9 Å². The molecule has 16 heavy (non-hydrogen) atoms. The first-order valence-corrected chi connectivity index (χ1v) is 5.79. The molecule has 1 fully saturated rings. The van der Waals surface area contributed by atoms with Gasteiger partial charge in [0.1, 0.15) is 5.52 Å². The van der Waals surface area contributed by atoms with Crippen molar-refractivity contribution in [3.05, 3.63) is 18.2 Å². The number of anilines is 2. The van der Waals surface area contributed by atoms with Gasteiger partial charge in [-0.05, 0) is 25.0 Å². The Bertz CT molecular complexity index is 523. The van der Waals surface area contributed by atoms with Crippen LogP contribution >= 0.6 is 0 Å². The van der Waals surface area contributed by atoms with Crippen LogP contribution in [-0.2, 0) is 0 Å². The second-order valence-electron chi connectivity index (χ2n) is 4.49. The quantitative estimate of drug-likeness (QED) is 0.719. The van der Waals surface area contributed by atoms with Crippen molar-refractivity contribution in [2.75, 3.05) is 11.5 Å². The van der Waals surface area contributed by atoms with Gasteiger partial charge in [0.2, 0.25) is 5.95 Å². The van der Waals surface area contributed by atoms with E-state index in [4.69, 9.17) is 11.5 Å². The Morgan fingerprint density at radius 2 is 1.94 bits per heavy atom. The minimum Gasteiger partial charge on any atom is -0.397 e. The lowest BCUT2D eigenvalue weighted by Gasteiger charge is -2.13. The molecule has 2 aromatic rings. The molecule has 1 heterocycles. The molecule has 1 aliphatic carbocycles. The van der Waals surface area contributed by atoms with Crippen molar-refractivity contribution in [3.8, 4) is 0 Å². The molecule has 0 bridgehead atoms. The Morgan fingerprint density at radius 1 is 1.19 bits per heavy atom. The van der Waals surface area contributed by atoms with Crippen molar-refractivity contribution in [2.24, 2.45) is 0 Å². The fraction of sp³-hybridized carbons (Fsp3) is 0.417. The maximum Gasteiger partial charge on any atom is 0.201 e. The van der Waals surface area contributed by atoms with Crippen molar-refractivity contribution in [2.45, 2.75) is 31.7 Å². The van der Waals surface area contributed by atoms with E-state index in [1.165, 1.54) is 25.7 Å². The lowest BCUT2D eigenvalue weighted by Crippen LogP contribution is -2.08. The van der Waals surface area contributed by atoms with E-state index in [0.717, 1.165) is 11.0 Å². The summed E-state index contributed by atoms with van der Waals surface area (Å²) in [5.41, 5.74) is 14.5. The largest absolute Gasteiger partial charge is 0.397 e. The van der Waals surface area contributed by atoms with Crippen LogP contribution in [0.25, 0.3) is 11.0 Å². The molecule has 84 valence electrons. The number of aromatic nitrogens is 2. The van der Waals surface area contributed by atoms with E-state index in [-0.39, 0.29) is 0 Å². The van der Waals surface area contributed by atoms with Crippen molar-refractivity contribution in [3.63, 3.8) is 0 Å². The highest BCUT2D eigenvalue weighted by molar-refractivity contribution is 5.89. The number of para-hydroxylation sites is 1. The molecule has 0 aliphatic heterocycles. The summed E-state index contributed by atoms with van der Waals surface area (Å²) in [5, 5.41) is 0. The summed E-state index contributed by atoms with van der Waals surface area (Å²) in [7, 11) is 0. The van der Waals surface area contributed by atoms with E-state index in [2.05, 4.69) is 9.55 Å². The summed E-state index contributed by atoms with van der Waals surface area (Å²) in [6.45, 7) is 0. The van der Waals surface area contributed by atoms with Gasteiger partial charge in [0.05, 0.1) is 11.2 Å². The molecule has 4 heteroatoms. The smallest absolute Gasteiger partial charge is 0.201 e. The first-order chi connectivity index (χ1) is 7.77. The van der Waals surface area contributed by atoms with E-state index in [9.17, 15) is 0 Å². The van der Waals surface area contributed by atoms with Gasteiger partial charge in [0.25, 0.3) is 0 Å². The summed E-state index contributed by atoms with van der Waals surface area (Å²) in [6, 6.07) is 6.39. The topological polar surface area (TPSA) is 69.9 Å². The standard InChI is InChI=1S/C12H16N4/c13-9-6-3-7-10-11(9)15-12(14)16(10)8-4-1-2-5-8/h3,6-8H,1-2,4-5,13H2,(H2,14,15). The van der Waals surface area contributed by atoms with Crippen molar-refractivity contribution in [1.82, 2.24) is 9.55 Å². The number of rotatable bonds is 1. The summed E-state index contributed by atoms with van der Waals surface area (Å²) in [4.78, 5) is 4.37. The third kappa shape index (κ3) is 1.26. The highest BCUT2D eigenvalue weighted by atomic mass is 15.2. The second kappa shape index (κ2) is 3.40. The van der Waals surface area contributed by atoms with E-state index in [0.29, 0.717) is 17.7 Å². The van der Waals surface area contributed by atoms with E-state index in [1.807, 2.05) is 18.2 Å². The molecule has 3 rings (SSSR count). The summed E-state index contributed by atoms with van der Waals surface area (Å²) in [6.07, 6.45) is 4.97. The zero-order valence-electron chi connectivity index (χ0n) is 9.19. The van der Waals surface area contributed by atoms with Crippen LogP contribution in [0, 0.1) is 0 Å². The fourth-order valence-corrected chi connectivity index (χ4v) is 2.70. The third-order valence-electron chi connectivity index (χ3n) is 3.47. The van der Waals surface area contributed by atoms with Gasteiger partial charge in [-0.25, -0.2) is 4.98 Å². The number of nitrogen functional groups attached to an aromatic ring is 2. The van der Waals surface area contributed by atoms with Crippen LogP contribution in [0.15, 0.2) is 18.2 Å². The zero-order valence-corrected chi connectivity index (χ0v) is 9.19. The number of imidazole rings is 1. The number of hydrogen-bond donors (Lipinski definition) is 2. The van der Waals surface area contributed by atoms with Crippen LogP contribution in [0.4, 0.5) is 11.6 Å². The first kappa shape index (κ1) is 9.51. The molecular weight excluding hydrogens is 200 g/mol. The van der Waals surface area contributed by atoms with E-state index >= 15 is 0 Å². The summed E-state index contributed by atoms with van der Waals surface area (Å²) < 4.78 is 2.15. The summed E-state index contributed by atoms with van der Waals surface area (Å²) in [5.74, 6) is 0.597. The van der Waals surface area contributed by atoms with Crippen LogP contribution in [0.5, 0.6) is 0 Å². The predicted molar refractivity (Wildman–Crippen MR) is 66.1 cm³/mol. The molecule has 0 amide bonds. The average molecular weight is 216 g/mol. The van der Waals surface area contributed by atoms with E-state index in [1.54, 1.807) is 0 Å². The highest BCUT2D eigenvalue weighted by Crippen LogP contribution is 2.35. The van der Waals surface area contributed by atoms with Gasteiger partial charge in [-0.15, -0.1) is 0 Å². The molecule has 0 atom stereocenters. The van der Waals surface area contributed by atoms with Crippen LogP contribution in [0.1, 0.15) is 31.7 Å². The molecule has 0 radical (unpaired) electrons. The number of nitrogens with zero attached hydrogens (tertiary/aromatic N) is 2. The predicted octanol–water partition coefficient (Wildman–Crippen LogP) is 2.32. The monoisotopic (exact) mass is 216 g/mol. The molecule has 1 aliphatic rings. The number of benzene rings is 1. The van der Waals surface area contributed by atoms with E-state index < -0.39 is 0 Å². The van der Waals surface area contributed by atoms with Crippen LogP contribution < -0.4 is 11.5 Å². The Morgan fingerprint density at radius 3 is 2.69 bits per heavy atom. The number of nitrogens with two attached hydrogens (primary N) is 2. The van der Waals surface area contributed by atoms with Crippen LogP contribution in [0.3, 0.4) is 0 Å². The molecule has 0 saturated heterocycles. The van der Waals surface area contributed by atoms with Gasteiger partial charge >= 0.3 is 0 Å². The van der Waals surface area contributed by atoms with Crippen LogP contribution in [0.2, 0.25) is 0 Å². The number of fused-ring (bicyclic) bond motifs is 1. The third-order valence-corrected chi connectivity index (χ3v) is 3.47. The minimum absolute atomic E-state index is 0.506. The lowest BCUT2D eigenvalue weighted by molar-refractivity contribution is 0.539. The van der Waals surface area contributed by atoms with Crippen molar-refractivity contribution in [1.29, 1.82) is 0 Å². The molecule has 4 nitrogen and oxygen atoms in total. The van der Waals surface area contributed by atoms with Gasteiger partial charge in [-0.2, -0.15) is 0 Å². The Kier molecular flexibility index (Phi) is 2.02.